The summed E-state index contributed by atoms with van der Waals surface area (Å²) < 4.78 is 36.4. The Bertz CT molecular complexity index is 392. The number of aromatic nitrogens is 1. The minimum absolute atomic E-state index is 0.256. The second-order valence-electron chi connectivity index (χ2n) is 2.59. The number of halogens is 3. The molecule has 0 amide bonds. The molecule has 0 saturated heterocycles. The average molecular weight is 222 g/mol. The molecule has 0 radical (unpaired) electrons. The highest BCUT2D eigenvalue weighted by Gasteiger charge is 2.38. The van der Waals surface area contributed by atoms with Crippen LogP contribution in [0.15, 0.2) is 12.1 Å². The smallest absolute Gasteiger partial charge is 0.391 e. The maximum absolute atomic E-state index is 12.1. The molecule has 0 fully saturated rings. The van der Waals surface area contributed by atoms with Crippen LogP contribution in [-0.2, 0) is 12.8 Å². The number of aliphatic hydroxyl groups is 1. The number of nitro groups is 1. The highest BCUT2D eigenvalue weighted by atomic mass is 19.4. The summed E-state index contributed by atoms with van der Waals surface area (Å²) in [6.45, 7) is -0.735. The molecule has 1 aromatic rings. The summed E-state index contributed by atoms with van der Waals surface area (Å²) in [6, 6.07) is 1.41. The van der Waals surface area contributed by atoms with Crippen LogP contribution >= 0.6 is 0 Å². The molecule has 1 N–H and O–H groups in total. The van der Waals surface area contributed by atoms with Gasteiger partial charge < -0.3 is 15.2 Å². The highest BCUT2D eigenvalue weighted by molar-refractivity contribution is 5.34. The normalized spacial score (nSPS) is 11.5. The van der Waals surface area contributed by atoms with Gasteiger partial charge in [0.1, 0.15) is 0 Å². The Hall–Kier alpha value is -1.70. The summed E-state index contributed by atoms with van der Waals surface area (Å²) in [5, 5.41) is 19.0. The van der Waals surface area contributed by atoms with Gasteiger partial charge in [-0.05, 0) is 22.0 Å². The molecule has 0 aliphatic rings. The van der Waals surface area contributed by atoms with E-state index < -0.39 is 29.2 Å². The van der Waals surface area contributed by atoms with Gasteiger partial charge in [0.25, 0.3) is 5.69 Å². The maximum atomic E-state index is 12.1. The average Bonchev–Trinajstić information content (AvgIpc) is 2.15. The zero-order valence-corrected chi connectivity index (χ0v) is 7.15. The number of aliphatic hydroxyl groups excluding tert-OH is 1. The van der Waals surface area contributed by atoms with Crippen molar-refractivity contribution in [2.24, 2.45) is 0 Å². The van der Waals surface area contributed by atoms with Gasteiger partial charge in [0.05, 0.1) is 12.2 Å². The van der Waals surface area contributed by atoms with E-state index in [1.807, 2.05) is 0 Å². The van der Waals surface area contributed by atoms with Crippen molar-refractivity contribution in [2.75, 3.05) is 0 Å². The summed E-state index contributed by atoms with van der Waals surface area (Å²) in [4.78, 5) is 12.1. The van der Waals surface area contributed by atoms with E-state index in [1.54, 1.807) is 0 Å². The van der Waals surface area contributed by atoms with Gasteiger partial charge in [-0.15, -0.1) is 0 Å². The third-order valence-electron chi connectivity index (χ3n) is 1.59. The molecule has 82 valence electrons. The Balaban J connectivity index is 3.28. The third kappa shape index (κ3) is 2.40. The van der Waals surface area contributed by atoms with Gasteiger partial charge in [-0.25, -0.2) is 0 Å². The highest BCUT2D eigenvalue weighted by Crippen LogP contribution is 2.29. The first-order valence-electron chi connectivity index (χ1n) is 3.68. The molecule has 0 atom stereocenters. The Morgan fingerprint density at radius 3 is 2.47 bits per heavy atom. The zero-order chi connectivity index (χ0) is 11.6. The number of nitrogens with zero attached hydrogens (tertiary/aromatic N) is 2. The lowest BCUT2D eigenvalue weighted by Crippen LogP contribution is -2.10. The molecule has 0 aliphatic carbocycles. The fraction of sp³-hybridized carbons (Fsp3) is 0.286. The van der Waals surface area contributed by atoms with Crippen LogP contribution in [0.2, 0.25) is 0 Å². The molecular weight excluding hydrogens is 217 g/mol. The minimum atomic E-state index is -4.74. The molecule has 1 rings (SSSR count). The lowest BCUT2D eigenvalue weighted by molar-refractivity contribution is -0.391. The van der Waals surface area contributed by atoms with Crippen molar-refractivity contribution >= 4 is 5.82 Å². The lowest BCUT2D eigenvalue weighted by Gasteiger charge is -2.03. The molecule has 8 heteroatoms. The van der Waals surface area contributed by atoms with E-state index in [4.69, 9.17) is 5.11 Å². The van der Waals surface area contributed by atoms with Crippen molar-refractivity contribution in [1.82, 2.24) is 4.98 Å². The predicted octanol–water partition coefficient (Wildman–Crippen LogP) is 1.50. The molecule has 1 heterocycles. The van der Waals surface area contributed by atoms with Crippen molar-refractivity contribution in [1.29, 1.82) is 0 Å². The molecular formula is C7H5F3N2O3. The van der Waals surface area contributed by atoms with Crippen LogP contribution in [0, 0.1) is 10.1 Å². The van der Waals surface area contributed by atoms with E-state index >= 15 is 0 Å². The Kier molecular flexibility index (Phi) is 2.89. The number of pyridine rings is 1. The van der Waals surface area contributed by atoms with Crippen LogP contribution in [0.5, 0.6) is 0 Å². The van der Waals surface area contributed by atoms with Crippen molar-refractivity contribution in [3.8, 4) is 0 Å². The van der Waals surface area contributed by atoms with Gasteiger partial charge in [-0.1, -0.05) is 0 Å². The van der Waals surface area contributed by atoms with E-state index in [9.17, 15) is 23.3 Å². The quantitative estimate of drug-likeness (QED) is 0.607. The molecule has 15 heavy (non-hydrogen) atoms. The Morgan fingerprint density at radius 2 is 2.07 bits per heavy atom. The number of hydrogen-bond donors (Lipinski definition) is 1. The van der Waals surface area contributed by atoms with E-state index in [2.05, 4.69) is 4.98 Å². The predicted molar refractivity (Wildman–Crippen MR) is 41.8 cm³/mol. The van der Waals surface area contributed by atoms with Crippen LogP contribution in [-0.4, -0.2) is 15.0 Å². The summed E-state index contributed by atoms with van der Waals surface area (Å²) in [5.41, 5.74) is -1.61. The zero-order valence-electron chi connectivity index (χ0n) is 7.15. The second-order valence-corrected chi connectivity index (χ2v) is 2.59. The van der Waals surface area contributed by atoms with Crippen molar-refractivity contribution < 1.29 is 23.2 Å². The van der Waals surface area contributed by atoms with Gasteiger partial charge >= 0.3 is 12.0 Å². The van der Waals surface area contributed by atoms with Crippen LogP contribution < -0.4 is 0 Å². The van der Waals surface area contributed by atoms with E-state index in [-0.39, 0.29) is 5.56 Å². The third-order valence-corrected chi connectivity index (χ3v) is 1.59. The molecule has 1 aromatic heterocycles. The van der Waals surface area contributed by atoms with Crippen LogP contribution in [0.3, 0.4) is 0 Å². The van der Waals surface area contributed by atoms with E-state index in [0.29, 0.717) is 6.07 Å². The van der Waals surface area contributed by atoms with Gasteiger partial charge in [-0.3, -0.25) is 0 Å². The fourth-order valence-corrected chi connectivity index (χ4v) is 0.917. The molecule has 0 aliphatic heterocycles. The Morgan fingerprint density at radius 1 is 1.47 bits per heavy atom. The summed E-state index contributed by atoms with van der Waals surface area (Å²) in [5.74, 6) is -0.979. The van der Waals surface area contributed by atoms with Crippen LogP contribution in [0.4, 0.5) is 19.0 Å². The minimum Gasteiger partial charge on any atom is -0.391 e. The molecule has 5 nitrogen and oxygen atoms in total. The fourth-order valence-electron chi connectivity index (χ4n) is 0.917. The monoisotopic (exact) mass is 222 g/mol. The van der Waals surface area contributed by atoms with Crippen molar-refractivity contribution in [3.63, 3.8) is 0 Å². The first-order chi connectivity index (χ1) is 6.86. The first-order valence-corrected chi connectivity index (χ1v) is 3.68. The maximum Gasteiger partial charge on any atom is 0.457 e. The SMILES string of the molecule is O=[N+]([O-])c1nc(C(F)(F)F)ccc1CO. The van der Waals surface area contributed by atoms with Crippen molar-refractivity contribution in [2.45, 2.75) is 12.8 Å². The van der Waals surface area contributed by atoms with Gasteiger partial charge in [0, 0.05) is 0 Å². The van der Waals surface area contributed by atoms with Crippen molar-refractivity contribution in [3.05, 3.63) is 33.5 Å². The molecule has 0 unspecified atom stereocenters. The second kappa shape index (κ2) is 3.81. The van der Waals surface area contributed by atoms with Gasteiger partial charge in [0.2, 0.25) is 0 Å². The largest absolute Gasteiger partial charge is 0.457 e. The number of hydrogen-bond acceptors (Lipinski definition) is 4. The van der Waals surface area contributed by atoms with Crippen LogP contribution in [0.25, 0.3) is 0 Å². The molecule has 0 aromatic carbocycles. The number of rotatable bonds is 2. The van der Waals surface area contributed by atoms with Crippen LogP contribution in [0.1, 0.15) is 11.3 Å². The standard InChI is InChI=1S/C7H5F3N2O3/c8-7(9,10)5-2-1-4(3-13)6(11-5)12(14)15/h1-2,13H,3H2. The number of alkyl halides is 3. The molecule has 0 saturated carbocycles. The summed E-state index contributed by atoms with van der Waals surface area (Å²) in [6.07, 6.45) is -4.74. The topological polar surface area (TPSA) is 76.3 Å². The lowest BCUT2D eigenvalue weighted by atomic mass is 10.2. The first kappa shape index (κ1) is 11.4. The summed E-state index contributed by atoms with van der Waals surface area (Å²) in [7, 11) is 0. The molecule has 0 bridgehead atoms. The molecule has 0 spiro atoms. The van der Waals surface area contributed by atoms with E-state index in [1.165, 1.54) is 0 Å². The summed E-state index contributed by atoms with van der Waals surface area (Å²) >= 11 is 0. The van der Waals surface area contributed by atoms with Gasteiger partial charge in [-0.2, -0.15) is 13.2 Å². The Labute approximate surface area is 81.3 Å². The van der Waals surface area contributed by atoms with Gasteiger partial charge in [0.15, 0.2) is 0 Å². The van der Waals surface area contributed by atoms with E-state index in [0.717, 1.165) is 6.07 Å².